The first-order chi connectivity index (χ1) is 14.6. The number of carbonyl (C=O) groups excluding carboxylic acids is 1. The molecule has 0 spiro atoms. The van der Waals surface area contributed by atoms with Crippen LogP contribution in [0.5, 0.6) is 0 Å². The number of anilines is 2. The predicted octanol–water partition coefficient (Wildman–Crippen LogP) is 4.35. The molecule has 2 atom stereocenters. The van der Waals surface area contributed by atoms with E-state index in [1.165, 1.54) is 21.2 Å². The highest BCUT2D eigenvalue weighted by atomic mass is 32.1. The van der Waals surface area contributed by atoms with E-state index in [0.717, 1.165) is 50.6 Å². The van der Waals surface area contributed by atoms with Crippen molar-refractivity contribution in [3.8, 4) is 0 Å². The Labute approximate surface area is 181 Å². The van der Waals surface area contributed by atoms with Gasteiger partial charge in [-0.25, -0.2) is 0 Å². The van der Waals surface area contributed by atoms with Crippen molar-refractivity contribution in [3.05, 3.63) is 53.6 Å². The fourth-order valence-corrected chi connectivity index (χ4v) is 5.37. The third-order valence-corrected chi connectivity index (χ3v) is 7.59. The molecule has 0 saturated carbocycles. The molecule has 1 amide bonds. The van der Waals surface area contributed by atoms with Crippen LogP contribution in [0.15, 0.2) is 42.5 Å². The quantitative estimate of drug-likeness (QED) is 0.682. The first-order valence-electron chi connectivity index (χ1n) is 10.9. The first-order valence-corrected chi connectivity index (χ1v) is 11.6. The lowest BCUT2D eigenvalue weighted by Gasteiger charge is -2.35. The average Bonchev–Trinajstić information content (AvgIpc) is 3.21. The van der Waals surface area contributed by atoms with E-state index in [1.807, 2.05) is 6.92 Å². The number of nitrogens with zero attached hydrogens (tertiary/aromatic N) is 3. The maximum Gasteiger partial charge on any atom is 0.227 e. The monoisotopic (exact) mass is 420 g/mol. The molecule has 2 aliphatic heterocycles. The Morgan fingerprint density at radius 3 is 2.70 bits per heavy atom. The molecule has 2 aromatic carbocycles. The second-order valence-corrected chi connectivity index (χ2v) is 9.37. The summed E-state index contributed by atoms with van der Waals surface area (Å²) in [5.74, 6) is 1.58. The number of hydrogen-bond donors (Lipinski definition) is 1. The van der Waals surface area contributed by atoms with Crippen LogP contribution in [0.25, 0.3) is 10.1 Å². The van der Waals surface area contributed by atoms with Gasteiger partial charge in [0.2, 0.25) is 5.91 Å². The van der Waals surface area contributed by atoms with Crippen molar-refractivity contribution in [2.45, 2.75) is 26.2 Å². The van der Waals surface area contributed by atoms with Crippen LogP contribution in [0.2, 0.25) is 0 Å². The molecular formula is C24H28N4OS. The molecule has 1 N–H and O–H groups in total. The number of aromatic nitrogens is 1. The average molecular weight is 421 g/mol. The summed E-state index contributed by atoms with van der Waals surface area (Å²) in [6, 6.07) is 15.1. The Morgan fingerprint density at radius 2 is 1.87 bits per heavy atom. The van der Waals surface area contributed by atoms with Crippen LogP contribution < -0.4 is 10.2 Å². The normalized spacial score (nSPS) is 22.2. The van der Waals surface area contributed by atoms with E-state index in [2.05, 4.69) is 64.5 Å². The van der Waals surface area contributed by atoms with Gasteiger partial charge in [-0.15, -0.1) is 0 Å². The van der Waals surface area contributed by atoms with Crippen LogP contribution in [0.1, 0.15) is 30.9 Å². The predicted molar refractivity (Wildman–Crippen MR) is 125 cm³/mol. The van der Waals surface area contributed by atoms with Gasteiger partial charge in [0.15, 0.2) is 0 Å². The highest BCUT2D eigenvalue weighted by molar-refractivity contribution is 7.13. The second-order valence-electron chi connectivity index (χ2n) is 8.57. The molecular weight excluding hydrogens is 392 g/mol. The van der Waals surface area contributed by atoms with Crippen LogP contribution in [-0.4, -0.2) is 47.9 Å². The minimum absolute atomic E-state index is 0.0302. The van der Waals surface area contributed by atoms with Crippen LogP contribution in [0.4, 0.5) is 11.5 Å². The number of carbonyl (C=O) groups is 1. The molecule has 3 heterocycles. The molecule has 1 saturated heterocycles. The number of hydrogen-bond acceptors (Lipinski definition) is 5. The summed E-state index contributed by atoms with van der Waals surface area (Å²) in [7, 11) is 0. The lowest BCUT2D eigenvalue weighted by atomic mass is 9.83. The third kappa shape index (κ3) is 3.59. The van der Waals surface area contributed by atoms with Crippen molar-refractivity contribution in [1.29, 1.82) is 0 Å². The van der Waals surface area contributed by atoms with Crippen LogP contribution >= 0.6 is 11.5 Å². The van der Waals surface area contributed by atoms with E-state index in [0.29, 0.717) is 0 Å². The van der Waals surface area contributed by atoms with Crippen LogP contribution in [0, 0.1) is 5.92 Å². The van der Waals surface area contributed by atoms with Crippen molar-refractivity contribution in [3.63, 3.8) is 0 Å². The van der Waals surface area contributed by atoms with Gasteiger partial charge in [-0.1, -0.05) is 38.1 Å². The summed E-state index contributed by atoms with van der Waals surface area (Å²) in [5, 5.41) is 4.32. The van der Waals surface area contributed by atoms with E-state index in [1.54, 1.807) is 11.5 Å². The number of nitrogens with one attached hydrogen (secondary N) is 1. The molecule has 0 radical (unpaired) electrons. The summed E-state index contributed by atoms with van der Waals surface area (Å²) >= 11 is 1.60. The minimum Gasteiger partial charge on any atom is -0.353 e. The van der Waals surface area contributed by atoms with Gasteiger partial charge in [0.05, 0.1) is 4.70 Å². The summed E-state index contributed by atoms with van der Waals surface area (Å²) in [5.41, 5.74) is 3.62. The lowest BCUT2D eigenvalue weighted by molar-refractivity contribution is -0.120. The summed E-state index contributed by atoms with van der Waals surface area (Å²) in [6.07, 6.45) is 1.04. The third-order valence-electron chi connectivity index (χ3n) is 6.77. The Balaban J connectivity index is 1.19. The van der Waals surface area contributed by atoms with Crippen molar-refractivity contribution < 1.29 is 4.79 Å². The molecule has 5 nitrogen and oxygen atoms in total. The number of piperazine rings is 1. The van der Waals surface area contributed by atoms with Crippen LogP contribution in [-0.2, 0) is 11.2 Å². The van der Waals surface area contributed by atoms with Gasteiger partial charge in [-0.2, -0.15) is 4.37 Å². The van der Waals surface area contributed by atoms with E-state index >= 15 is 0 Å². The first kappa shape index (κ1) is 19.5. The molecule has 0 aliphatic carbocycles. The molecule has 2 aliphatic rings. The Bertz CT molecular complexity index is 1070. The zero-order valence-corrected chi connectivity index (χ0v) is 18.4. The smallest absolute Gasteiger partial charge is 0.227 e. The van der Waals surface area contributed by atoms with E-state index < -0.39 is 0 Å². The molecule has 6 heteroatoms. The molecule has 0 bridgehead atoms. The van der Waals surface area contributed by atoms with E-state index in [-0.39, 0.29) is 17.7 Å². The summed E-state index contributed by atoms with van der Waals surface area (Å²) in [4.78, 5) is 17.0. The van der Waals surface area contributed by atoms with Gasteiger partial charge in [0, 0.05) is 49.7 Å². The molecule has 1 fully saturated rings. The lowest BCUT2D eigenvalue weighted by Crippen LogP contribution is -2.47. The maximum atomic E-state index is 12.0. The molecule has 1 aromatic heterocycles. The largest absolute Gasteiger partial charge is 0.353 e. The summed E-state index contributed by atoms with van der Waals surface area (Å²) < 4.78 is 5.98. The van der Waals surface area contributed by atoms with Gasteiger partial charge in [-0.05, 0) is 53.2 Å². The van der Waals surface area contributed by atoms with Crippen molar-refractivity contribution in [2.24, 2.45) is 5.92 Å². The number of amides is 1. The molecule has 3 aromatic rings. The van der Waals surface area contributed by atoms with Gasteiger partial charge >= 0.3 is 0 Å². The zero-order chi connectivity index (χ0) is 20.7. The summed E-state index contributed by atoms with van der Waals surface area (Å²) in [6.45, 7) is 9.44. The van der Waals surface area contributed by atoms with E-state index in [9.17, 15) is 4.79 Å². The highest BCUT2D eigenvalue weighted by Crippen LogP contribution is 2.36. The van der Waals surface area contributed by atoms with Crippen molar-refractivity contribution in [2.75, 3.05) is 42.9 Å². The Morgan fingerprint density at radius 1 is 1.07 bits per heavy atom. The standard InChI is InChI=1S/C24H28N4OS/c1-16-17(2)24(29)25-21-8-7-18(15-20(16)21)9-10-27-11-13-28(14-12-27)23-19-5-3-4-6-22(19)30-26-23/h3-8,15-17H,9-14H2,1-2H3,(H,25,29). The van der Waals surface area contributed by atoms with Gasteiger partial charge < -0.3 is 10.2 Å². The number of fused-ring (bicyclic) bond motifs is 2. The minimum atomic E-state index is 0.0302. The number of benzene rings is 2. The van der Waals surface area contributed by atoms with Gasteiger partial charge in [0.1, 0.15) is 5.82 Å². The highest BCUT2D eigenvalue weighted by Gasteiger charge is 2.29. The second kappa shape index (κ2) is 8.00. The molecule has 2 unspecified atom stereocenters. The molecule has 30 heavy (non-hydrogen) atoms. The fourth-order valence-electron chi connectivity index (χ4n) is 4.57. The number of rotatable bonds is 4. The van der Waals surface area contributed by atoms with Gasteiger partial charge in [0.25, 0.3) is 0 Å². The molecule has 5 rings (SSSR count). The maximum absolute atomic E-state index is 12.0. The Kier molecular flexibility index (Phi) is 5.21. The van der Waals surface area contributed by atoms with Crippen molar-refractivity contribution >= 4 is 39.0 Å². The fraction of sp³-hybridized carbons (Fsp3) is 0.417. The zero-order valence-electron chi connectivity index (χ0n) is 17.6. The van der Waals surface area contributed by atoms with Crippen molar-refractivity contribution in [1.82, 2.24) is 9.27 Å². The SMILES string of the molecule is CC1C(=O)Nc2ccc(CCN3CCN(c4nsc5ccccc45)CC3)cc2C1C. The Hall–Kier alpha value is -2.44. The topological polar surface area (TPSA) is 48.5 Å². The molecule has 156 valence electrons. The van der Waals surface area contributed by atoms with Crippen LogP contribution in [0.3, 0.4) is 0 Å². The van der Waals surface area contributed by atoms with E-state index in [4.69, 9.17) is 4.37 Å². The van der Waals surface area contributed by atoms with Gasteiger partial charge in [-0.3, -0.25) is 9.69 Å².